The molecule has 0 aliphatic heterocycles. The van der Waals surface area contributed by atoms with E-state index in [0.717, 1.165) is 22.4 Å². The molecule has 3 aromatic rings. The summed E-state index contributed by atoms with van der Waals surface area (Å²) in [5, 5.41) is 6.72. The Morgan fingerprint density at radius 3 is 2.91 bits per heavy atom. The van der Waals surface area contributed by atoms with E-state index in [1.807, 2.05) is 38.1 Å². The van der Waals surface area contributed by atoms with Gasteiger partial charge in [-0.2, -0.15) is 4.98 Å². The number of hydrogen-bond acceptors (Lipinski definition) is 5. The number of anilines is 1. The van der Waals surface area contributed by atoms with Gasteiger partial charge in [0.05, 0.1) is 12.0 Å². The van der Waals surface area contributed by atoms with Crippen molar-refractivity contribution in [1.82, 2.24) is 15.1 Å². The highest BCUT2D eigenvalue weighted by Crippen LogP contribution is 2.18. The van der Waals surface area contributed by atoms with Crippen molar-refractivity contribution < 1.29 is 9.32 Å². The Labute approximate surface area is 133 Å². The highest BCUT2D eigenvalue weighted by Gasteiger charge is 2.13. The maximum Gasteiger partial charge on any atom is 0.259 e. The average Bonchev–Trinajstić information content (AvgIpc) is 3.00. The van der Waals surface area contributed by atoms with Crippen LogP contribution in [-0.2, 0) is 11.2 Å². The molecule has 0 saturated carbocycles. The summed E-state index contributed by atoms with van der Waals surface area (Å²) in [6.07, 6.45) is 3.35. The summed E-state index contributed by atoms with van der Waals surface area (Å²) >= 11 is 0. The van der Waals surface area contributed by atoms with E-state index in [2.05, 4.69) is 20.4 Å². The van der Waals surface area contributed by atoms with Gasteiger partial charge < -0.3 is 9.84 Å². The van der Waals surface area contributed by atoms with Crippen LogP contribution in [0.2, 0.25) is 0 Å². The van der Waals surface area contributed by atoms with Gasteiger partial charge in [-0.3, -0.25) is 9.78 Å². The fraction of sp³-hybridized carbons (Fsp3) is 0.176. The molecule has 23 heavy (non-hydrogen) atoms. The van der Waals surface area contributed by atoms with E-state index in [-0.39, 0.29) is 12.3 Å². The molecule has 0 aliphatic carbocycles. The first-order chi connectivity index (χ1) is 11.1. The minimum absolute atomic E-state index is 0.0527. The van der Waals surface area contributed by atoms with Crippen LogP contribution in [0.15, 0.2) is 47.2 Å². The molecule has 0 spiro atoms. The third-order valence-electron chi connectivity index (χ3n) is 3.36. The molecule has 0 aliphatic rings. The number of aryl methyl sites for hydroxylation is 2. The second kappa shape index (κ2) is 6.39. The summed E-state index contributed by atoms with van der Waals surface area (Å²) in [5.74, 6) is 0.511. The minimum atomic E-state index is -0.183. The van der Waals surface area contributed by atoms with E-state index in [4.69, 9.17) is 4.52 Å². The minimum Gasteiger partial charge on any atom is -0.334 e. The molecular formula is C17H16N4O2. The molecule has 0 unspecified atom stereocenters. The molecule has 6 heteroatoms. The first-order valence-electron chi connectivity index (χ1n) is 7.22. The van der Waals surface area contributed by atoms with E-state index >= 15 is 0 Å². The van der Waals surface area contributed by atoms with E-state index in [1.54, 1.807) is 18.5 Å². The number of amides is 1. The van der Waals surface area contributed by atoms with E-state index in [1.165, 1.54) is 0 Å². The standard InChI is InChI=1S/C17H16N4O2/c1-11-5-6-12(2)14(8-11)19-16(22)9-15-20-17(23-21-15)13-4-3-7-18-10-13/h3-8,10H,9H2,1-2H3,(H,19,22). The molecule has 0 bridgehead atoms. The molecule has 0 fully saturated rings. The monoisotopic (exact) mass is 308 g/mol. The number of nitrogens with one attached hydrogen (secondary N) is 1. The predicted octanol–water partition coefficient (Wildman–Crippen LogP) is 2.93. The maximum absolute atomic E-state index is 12.1. The Kier molecular flexibility index (Phi) is 4.14. The zero-order valence-electron chi connectivity index (χ0n) is 12.9. The molecular weight excluding hydrogens is 292 g/mol. The van der Waals surface area contributed by atoms with Gasteiger partial charge in [-0.05, 0) is 43.2 Å². The largest absolute Gasteiger partial charge is 0.334 e. The lowest BCUT2D eigenvalue weighted by molar-refractivity contribution is -0.115. The SMILES string of the molecule is Cc1ccc(C)c(NC(=O)Cc2noc(-c3cccnc3)n2)c1. The molecule has 2 heterocycles. The summed E-state index contributed by atoms with van der Waals surface area (Å²) in [6.45, 7) is 3.93. The van der Waals surface area contributed by atoms with Gasteiger partial charge in [0.1, 0.15) is 0 Å². The Bertz CT molecular complexity index is 828. The number of benzene rings is 1. The smallest absolute Gasteiger partial charge is 0.259 e. The highest BCUT2D eigenvalue weighted by atomic mass is 16.5. The van der Waals surface area contributed by atoms with Gasteiger partial charge in [-0.1, -0.05) is 17.3 Å². The summed E-state index contributed by atoms with van der Waals surface area (Å²) in [7, 11) is 0. The fourth-order valence-electron chi connectivity index (χ4n) is 2.14. The Hall–Kier alpha value is -3.02. The van der Waals surface area contributed by atoms with E-state index in [0.29, 0.717) is 11.7 Å². The quantitative estimate of drug-likeness (QED) is 0.801. The molecule has 0 radical (unpaired) electrons. The van der Waals surface area contributed by atoms with Crippen LogP contribution in [-0.4, -0.2) is 21.0 Å². The van der Waals surface area contributed by atoms with Crippen molar-refractivity contribution in [3.8, 4) is 11.5 Å². The molecule has 6 nitrogen and oxygen atoms in total. The van der Waals surface area contributed by atoms with Gasteiger partial charge in [0.15, 0.2) is 5.82 Å². The molecule has 1 N–H and O–H groups in total. The van der Waals surface area contributed by atoms with Crippen LogP contribution in [0.5, 0.6) is 0 Å². The zero-order valence-corrected chi connectivity index (χ0v) is 12.9. The molecule has 0 saturated heterocycles. The highest BCUT2D eigenvalue weighted by molar-refractivity contribution is 5.92. The normalized spacial score (nSPS) is 10.5. The molecule has 1 amide bonds. The second-order valence-electron chi connectivity index (χ2n) is 5.30. The molecule has 116 valence electrons. The lowest BCUT2D eigenvalue weighted by atomic mass is 10.1. The van der Waals surface area contributed by atoms with Crippen LogP contribution in [0.3, 0.4) is 0 Å². The Morgan fingerprint density at radius 2 is 2.13 bits per heavy atom. The maximum atomic E-state index is 12.1. The van der Waals surface area contributed by atoms with Crippen LogP contribution in [0, 0.1) is 13.8 Å². The number of pyridine rings is 1. The summed E-state index contributed by atoms with van der Waals surface area (Å²) in [6, 6.07) is 9.52. The Balaban J connectivity index is 1.69. The molecule has 2 aromatic heterocycles. The van der Waals surface area contributed by atoms with Crippen molar-refractivity contribution >= 4 is 11.6 Å². The van der Waals surface area contributed by atoms with Gasteiger partial charge in [0.2, 0.25) is 5.91 Å². The zero-order chi connectivity index (χ0) is 16.2. The average molecular weight is 308 g/mol. The van der Waals surface area contributed by atoms with Crippen molar-refractivity contribution in [2.75, 3.05) is 5.32 Å². The van der Waals surface area contributed by atoms with Crippen LogP contribution in [0.25, 0.3) is 11.5 Å². The van der Waals surface area contributed by atoms with Crippen molar-refractivity contribution in [3.05, 3.63) is 59.7 Å². The molecule has 3 rings (SSSR count). The summed E-state index contributed by atoms with van der Waals surface area (Å²) in [5.41, 5.74) is 3.62. The van der Waals surface area contributed by atoms with Crippen molar-refractivity contribution in [3.63, 3.8) is 0 Å². The number of rotatable bonds is 4. The topological polar surface area (TPSA) is 80.9 Å². The van der Waals surface area contributed by atoms with E-state index < -0.39 is 0 Å². The molecule has 0 atom stereocenters. The van der Waals surface area contributed by atoms with Crippen LogP contribution in [0.4, 0.5) is 5.69 Å². The summed E-state index contributed by atoms with van der Waals surface area (Å²) < 4.78 is 5.16. The van der Waals surface area contributed by atoms with Crippen molar-refractivity contribution in [2.24, 2.45) is 0 Å². The fourth-order valence-corrected chi connectivity index (χ4v) is 2.14. The number of nitrogens with zero attached hydrogens (tertiary/aromatic N) is 3. The predicted molar refractivity (Wildman–Crippen MR) is 85.8 cm³/mol. The van der Waals surface area contributed by atoms with E-state index in [9.17, 15) is 4.79 Å². The second-order valence-corrected chi connectivity index (χ2v) is 5.30. The first kappa shape index (κ1) is 14.9. The lowest BCUT2D eigenvalue weighted by Gasteiger charge is -2.08. The van der Waals surface area contributed by atoms with Gasteiger partial charge in [-0.25, -0.2) is 0 Å². The van der Waals surface area contributed by atoms with Gasteiger partial charge in [0.25, 0.3) is 5.89 Å². The van der Waals surface area contributed by atoms with Crippen LogP contribution < -0.4 is 5.32 Å². The Morgan fingerprint density at radius 1 is 1.26 bits per heavy atom. The number of hydrogen-bond donors (Lipinski definition) is 1. The molecule has 1 aromatic carbocycles. The number of carbonyl (C=O) groups is 1. The first-order valence-corrected chi connectivity index (χ1v) is 7.22. The van der Waals surface area contributed by atoms with Crippen molar-refractivity contribution in [1.29, 1.82) is 0 Å². The van der Waals surface area contributed by atoms with Gasteiger partial charge in [0, 0.05) is 18.1 Å². The summed E-state index contributed by atoms with van der Waals surface area (Å²) in [4.78, 5) is 20.4. The van der Waals surface area contributed by atoms with Crippen LogP contribution in [0.1, 0.15) is 17.0 Å². The third-order valence-corrected chi connectivity index (χ3v) is 3.36. The number of aromatic nitrogens is 3. The lowest BCUT2D eigenvalue weighted by Crippen LogP contribution is -2.16. The van der Waals surface area contributed by atoms with Crippen molar-refractivity contribution in [2.45, 2.75) is 20.3 Å². The number of carbonyl (C=O) groups excluding carboxylic acids is 1. The van der Waals surface area contributed by atoms with Crippen LogP contribution >= 0.6 is 0 Å². The van der Waals surface area contributed by atoms with Gasteiger partial charge in [-0.15, -0.1) is 0 Å². The third kappa shape index (κ3) is 3.60. The van der Waals surface area contributed by atoms with Gasteiger partial charge >= 0.3 is 0 Å².